The average Bonchev–Trinajstić information content (AvgIpc) is 2.22. The predicted molar refractivity (Wildman–Crippen MR) is 82.4 cm³/mol. The Labute approximate surface area is 120 Å². The Balaban J connectivity index is 2.93. The molecule has 0 aliphatic heterocycles. The van der Waals surface area contributed by atoms with Gasteiger partial charge in [-0.05, 0) is 29.7 Å². The molecular weight excluding hydrogens is 265 g/mol. The van der Waals surface area contributed by atoms with E-state index in [2.05, 4.69) is 39.1 Å². The second-order valence-electron chi connectivity index (χ2n) is 5.11. The lowest BCUT2D eigenvalue weighted by atomic mass is 10.00. The normalized spacial score (nSPS) is 12.6. The minimum absolute atomic E-state index is 0.482. The molecule has 0 spiro atoms. The summed E-state index contributed by atoms with van der Waals surface area (Å²) in [4.78, 5) is 0. The Morgan fingerprint density at radius 3 is 2.11 bits per heavy atom. The van der Waals surface area contributed by atoms with Crippen molar-refractivity contribution < 1.29 is 0 Å². The van der Waals surface area contributed by atoms with E-state index >= 15 is 0 Å². The number of hydrogen-bond donors (Lipinski definition) is 1. The Hall–Kier alpha value is -0.500. The van der Waals surface area contributed by atoms with E-state index in [-0.39, 0.29) is 0 Å². The van der Waals surface area contributed by atoms with Crippen LogP contribution >= 0.6 is 23.2 Å². The van der Waals surface area contributed by atoms with E-state index < -0.39 is 0 Å². The maximum atomic E-state index is 6.01. The van der Waals surface area contributed by atoms with Gasteiger partial charge in [-0.3, -0.25) is 0 Å². The van der Waals surface area contributed by atoms with Gasteiger partial charge in [-0.15, -0.1) is 0 Å². The number of nitrogens with one attached hydrogen (secondary N) is 1. The molecule has 0 saturated carbocycles. The summed E-state index contributed by atoms with van der Waals surface area (Å²) in [6, 6.07) is 6.10. The Bertz CT molecular complexity index is 402. The molecule has 1 aromatic carbocycles. The van der Waals surface area contributed by atoms with Gasteiger partial charge in [-0.25, -0.2) is 0 Å². The molecule has 1 aromatic rings. The zero-order valence-corrected chi connectivity index (χ0v) is 12.9. The van der Waals surface area contributed by atoms with Crippen molar-refractivity contribution in [1.29, 1.82) is 0 Å². The first-order chi connectivity index (χ1) is 8.38. The summed E-state index contributed by atoms with van der Waals surface area (Å²) >= 11 is 12.0. The summed E-state index contributed by atoms with van der Waals surface area (Å²) in [5, 5.41) is 4.79. The van der Waals surface area contributed by atoms with Crippen molar-refractivity contribution in [1.82, 2.24) is 5.32 Å². The summed E-state index contributed by atoms with van der Waals surface area (Å²) in [5.74, 6) is 0.494. The predicted octanol–water partition coefficient (Wildman–Crippen LogP) is 5.03. The van der Waals surface area contributed by atoms with Crippen molar-refractivity contribution in [2.45, 2.75) is 33.7 Å². The minimum atomic E-state index is 0.482. The average molecular weight is 286 g/mol. The highest BCUT2D eigenvalue weighted by Crippen LogP contribution is 2.22. The molecule has 0 unspecified atom stereocenters. The van der Waals surface area contributed by atoms with Gasteiger partial charge < -0.3 is 5.32 Å². The van der Waals surface area contributed by atoms with Gasteiger partial charge in [0.05, 0.1) is 0 Å². The summed E-state index contributed by atoms with van der Waals surface area (Å²) in [6.45, 7) is 9.57. The molecule has 0 bridgehead atoms. The fraction of sp³-hybridized carbons (Fsp3) is 0.467. The number of hydrogen-bond acceptors (Lipinski definition) is 1. The first-order valence-corrected chi connectivity index (χ1v) is 7.04. The molecule has 0 radical (unpaired) electrons. The monoisotopic (exact) mass is 285 g/mol. The zero-order chi connectivity index (χ0) is 13.7. The molecule has 0 amide bonds. The van der Waals surface area contributed by atoms with Gasteiger partial charge >= 0.3 is 0 Å². The van der Waals surface area contributed by atoms with Crippen LogP contribution in [0.2, 0.25) is 10.0 Å². The van der Waals surface area contributed by atoms with Gasteiger partial charge in [-0.1, -0.05) is 62.5 Å². The van der Waals surface area contributed by atoms with Crippen LogP contribution in [0.25, 0.3) is 6.08 Å². The fourth-order valence-electron chi connectivity index (χ4n) is 1.62. The zero-order valence-electron chi connectivity index (χ0n) is 11.4. The highest BCUT2D eigenvalue weighted by molar-refractivity contribution is 6.34. The van der Waals surface area contributed by atoms with Gasteiger partial charge in [0.25, 0.3) is 0 Å². The molecule has 1 rings (SSSR count). The topological polar surface area (TPSA) is 12.0 Å². The van der Waals surface area contributed by atoms with Crippen LogP contribution in [0.5, 0.6) is 0 Å². The van der Waals surface area contributed by atoms with Crippen LogP contribution in [0, 0.1) is 5.92 Å². The highest BCUT2D eigenvalue weighted by atomic mass is 35.5. The van der Waals surface area contributed by atoms with Gasteiger partial charge in [0.15, 0.2) is 0 Å². The van der Waals surface area contributed by atoms with Crippen LogP contribution in [0.15, 0.2) is 23.8 Å². The Morgan fingerprint density at radius 2 is 1.67 bits per heavy atom. The van der Waals surface area contributed by atoms with Gasteiger partial charge in [0.2, 0.25) is 0 Å². The van der Waals surface area contributed by atoms with E-state index in [0.717, 1.165) is 12.1 Å². The SMILES string of the molecule is CC(C)NCC(=Cc1cc(Cl)cc(Cl)c1)C(C)C. The molecule has 0 atom stereocenters. The van der Waals surface area contributed by atoms with Gasteiger partial charge in [-0.2, -0.15) is 0 Å². The minimum Gasteiger partial charge on any atom is -0.311 e. The molecule has 100 valence electrons. The molecule has 0 aliphatic carbocycles. The van der Waals surface area contributed by atoms with Crippen molar-refractivity contribution in [2.75, 3.05) is 6.54 Å². The molecule has 0 heterocycles. The third kappa shape index (κ3) is 5.43. The molecule has 1 nitrogen and oxygen atoms in total. The molecule has 18 heavy (non-hydrogen) atoms. The van der Waals surface area contributed by atoms with E-state index in [4.69, 9.17) is 23.2 Å². The molecule has 3 heteroatoms. The lowest BCUT2D eigenvalue weighted by Crippen LogP contribution is -2.26. The van der Waals surface area contributed by atoms with Crippen molar-refractivity contribution in [2.24, 2.45) is 5.92 Å². The second kappa shape index (κ2) is 7.18. The largest absolute Gasteiger partial charge is 0.311 e. The number of benzene rings is 1. The molecule has 1 N–H and O–H groups in total. The maximum absolute atomic E-state index is 6.01. The third-order valence-corrected chi connectivity index (χ3v) is 3.13. The first kappa shape index (κ1) is 15.6. The lowest BCUT2D eigenvalue weighted by molar-refractivity contribution is 0.593. The standard InChI is InChI=1S/C15H21Cl2N/c1-10(2)13(9-18-11(3)4)5-12-6-14(16)8-15(17)7-12/h5-8,10-11,18H,9H2,1-4H3. The van der Waals surface area contributed by atoms with E-state index in [0.29, 0.717) is 22.0 Å². The van der Waals surface area contributed by atoms with Crippen molar-refractivity contribution in [3.8, 4) is 0 Å². The van der Waals surface area contributed by atoms with Crippen LogP contribution in [-0.4, -0.2) is 12.6 Å². The fourth-order valence-corrected chi connectivity index (χ4v) is 2.16. The van der Waals surface area contributed by atoms with Crippen LogP contribution in [0.1, 0.15) is 33.3 Å². The van der Waals surface area contributed by atoms with E-state index in [1.54, 1.807) is 6.07 Å². The van der Waals surface area contributed by atoms with Crippen LogP contribution < -0.4 is 5.32 Å². The van der Waals surface area contributed by atoms with Crippen LogP contribution in [-0.2, 0) is 0 Å². The van der Waals surface area contributed by atoms with Crippen LogP contribution in [0.4, 0.5) is 0 Å². The Morgan fingerprint density at radius 1 is 1.11 bits per heavy atom. The van der Waals surface area contributed by atoms with Crippen molar-refractivity contribution in [3.05, 3.63) is 39.4 Å². The number of rotatable bonds is 5. The van der Waals surface area contributed by atoms with E-state index in [9.17, 15) is 0 Å². The van der Waals surface area contributed by atoms with E-state index in [1.165, 1.54) is 5.57 Å². The van der Waals surface area contributed by atoms with E-state index in [1.807, 2.05) is 12.1 Å². The second-order valence-corrected chi connectivity index (χ2v) is 5.99. The molecule has 0 aliphatic rings. The van der Waals surface area contributed by atoms with Gasteiger partial charge in [0, 0.05) is 22.6 Å². The third-order valence-electron chi connectivity index (χ3n) is 2.69. The quantitative estimate of drug-likeness (QED) is 0.800. The van der Waals surface area contributed by atoms with Crippen molar-refractivity contribution >= 4 is 29.3 Å². The summed E-state index contributed by atoms with van der Waals surface area (Å²) in [6.07, 6.45) is 2.16. The highest BCUT2D eigenvalue weighted by Gasteiger charge is 2.05. The summed E-state index contributed by atoms with van der Waals surface area (Å²) in [5.41, 5.74) is 2.41. The molecule has 0 saturated heterocycles. The maximum Gasteiger partial charge on any atom is 0.0426 e. The van der Waals surface area contributed by atoms with Gasteiger partial charge in [0.1, 0.15) is 0 Å². The summed E-state index contributed by atoms with van der Waals surface area (Å²) in [7, 11) is 0. The van der Waals surface area contributed by atoms with Crippen molar-refractivity contribution in [3.63, 3.8) is 0 Å². The lowest BCUT2D eigenvalue weighted by Gasteiger charge is -2.15. The molecule has 0 aromatic heterocycles. The van der Waals surface area contributed by atoms with Crippen LogP contribution in [0.3, 0.4) is 0 Å². The Kier molecular flexibility index (Phi) is 6.20. The molecule has 0 fully saturated rings. The smallest absolute Gasteiger partial charge is 0.0426 e. The summed E-state index contributed by atoms with van der Waals surface area (Å²) < 4.78 is 0. The number of halogens is 2. The molecular formula is C15H21Cl2N. The first-order valence-electron chi connectivity index (χ1n) is 6.28.